The van der Waals surface area contributed by atoms with Gasteiger partial charge in [0.15, 0.2) is 0 Å². The van der Waals surface area contributed by atoms with Crippen molar-refractivity contribution in [3.8, 4) is 0 Å². The van der Waals surface area contributed by atoms with Gasteiger partial charge in [0.1, 0.15) is 12.1 Å². The Morgan fingerprint density at radius 1 is 1.36 bits per heavy atom. The highest BCUT2D eigenvalue weighted by atomic mass is 16.4. The molecule has 0 aliphatic heterocycles. The molecule has 1 unspecified atom stereocenters. The van der Waals surface area contributed by atoms with E-state index in [1.807, 2.05) is 0 Å². The van der Waals surface area contributed by atoms with Crippen molar-refractivity contribution >= 4 is 11.9 Å². The standard InChI is InChI=1S/C8H16N2O4/c1-5(7(11)12)10-4-2-3-6(9)8(13)14/h5-6,10H,2-4,9H2,1H3,(H,11,12)(H,13,14)/t5?,6-/m1/s1. The zero-order chi connectivity index (χ0) is 11.1. The van der Waals surface area contributed by atoms with E-state index in [4.69, 9.17) is 15.9 Å². The normalized spacial score (nSPS) is 14.7. The molecule has 0 heterocycles. The number of nitrogens with two attached hydrogens (primary N) is 1. The molecule has 0 fully saturated rings. The van der Waals surface area contributed by atoms with E-state index in [9.17, 15) is 9.59 Å². The second-order valence-electron chi connectivity index (χ2n) is 3.10. The molecule has 0 saturated carbocycles. The van der Waals surface area contributed by atoms with Crippen molar-refractivity contribution in [2.75, 3.05) is 6.54 Å². The second-order valence-corrected chi connectivity index (χ2v) is 3.10. The van der Waals surface area contributed by atoms with E-state index in [0.717, 1.165) is 0 Å². The highest BCUT2D eigenvalue weighted by Crippen LogP contribution is 1.93. The first-order chi connectivity index (χ1) is 6.45. The highest BCUT2D eigenvalue weighted by Gasteiger charge is 2.12. The predicted molar refractivity (Wildman–Crippen MR) is 49.9 cm³/mol. The Balaban J connectivity index is 3.47. The fourth-order valence-corrected chi connectivity index (χ4v) is 0.851. The Hall–Kier alpha value is -1.14. The molecular weight excluding hydrogens is 188 g/mol. The molecule has 0 aliphatic carbocycles. The molecule has 6 heteroatoms. The van der Waals surface area contributed by atoms with Crippen LogP contribution in [0.2, 0.25) is 0 Å². The van der Waals surface area contributed by atoms with Gasteiger partial charge < -0.3 is 21.3 Å². The van der Waals surface area contributed by atoms with E-state index in [0.29, 0.717) is 19.4 Å². The van der Waals surface area contributed by atoms with Crippen LogP contribution in [-0.4, -0.2) is 40.8 Å². The average Bonchev–Trinajstić information content (AvgIpc) is 2.11. The number of carboxylic acids is 2. The molecule has 0 aromatic heterocycles. The van der Waals surface area contributed by atoms with Gasteiger partial charge in [0.2, 0.25) is 0 Å². The van der Waals surface area contributed by atoms with Gasteiger partial charge in [0.25, 0.3) is 0 Å². The topological polar surface area (TPSA) is 113 Å². The fourth-order valence-electron chi connectivity index (χ4n) is 0.851. The van der Waals surface area contributed by atoms with Gasteiger partial charge in [-0.05, 0) is 26.3 Å². The van der Waals surface area contributed by atoms with E-state index in [1.165, 1.54) is 6.92 Å². The van der Waals surface area contributed by atoms with Crippen LogP contribution in [0.25, 0.3) is 0 Å². The molecule has 0 spiro atoms. The molecule has 0 rings (SSSR count). The van der Waals surface area contributed by atoms with Crippen LogP contribution in [0.1, 0.15) is 19.8 Å². The van der Waals surface area contributed by atoms with Crippen LogP contribution in [0, 0.1) is 0 Å². The van der Waals surface area contributed by atoms with Crippen LogP contribution in [-0.2, 0) is 9.59 Å². The van der Waals surface area contributed by atoms with E-state index in [1.54, 1.807) is 0 Å². The summed E-state index contributed by atoms with van der Waals surface area (Å²) in [6.45, 7) is 1.98. The zero-order valence-electron chi connectivity index (χ0n) is 8.06. The minimum atomic E-state index is -1.03. The minimum absolute atomic E-state index is 0.342. The van der Waals surface area contributed by atoms with Crippen molar-refractivity contribution in [3.63, 3.8) is 0 Å². The molecule has 0 radical (unpaired) electrons. The second kappa shape index (κ2) is 6.33. The lowest BCUT2D eigenvalue weighted by molar-refractivity contribution is -0.140. The maximum absolute atomic E-state index is 10.4. The Labute approximate surface area is 82.1 Å². The van der Waals surface area contributed by atoms with E-state index < -0.39 is 24.0 Å². The summed E-state index contributed by atoms with van der Waals surface area (Å²) in [7, 11) is 0. The molecule has 0 amide bonds. The number of carbonyl (C=O) groups is 2. The summed E-state index contributed by atoms with van der Waals surface area (Å²) in [5, 5.41) is 19.7. The van der Waals surface area contributed by atoms with Gasteiger partial charge in [-0.2, -0.15) is 0 Å². The first-order valence-corrected chi connectivity index (χ1v) is 4.39. The van der Waals surface area contributed by atoms with Crippen molar-refractivity contribution in [2.45, 2.75) is 31.8 Å². The zero-order valence-corrected chi connectivity index (χ0v) is 8.06. The Bertz CT molecular complexity index is 186. The molecule has 82 valence electrons. The van der Waals surface area contributed by atoms with Crippen LogP contribution < -0.4 is 11.1 Å². The summed E-state index contributed by atoms with van der Waals surface area (Å²) in [5.74, 6) is -1.95. The van der Waals surface area contributed by atoms with Crippen molar-refractivity contribution in [3.05, 3.63) is 0 Å². The molecule has 0 saturated heterocycles. The quantitative estimate of drug-likeness (QED) is 0.405. The molecule has 0 aromatic rings. The smallest absolute Gasteiger partial charge is 0.320 e. The molecule has 0 aliphatic rings. The number of nitrogens with one attached hydrogen (secondary N) is 1. The summed E-state index contributed by atoms with van der Waals surface area (Å²) < 4.78 is 0. The van der Waals surface area contributed by atoms with Crippen molar-refractivity contribution in [1.29, 1.82) is 0 Å². The number of carboxylic acid groups (broad SMARTS) is 2. The van der Waals surface area contributed by atoms with E-state index in [-0.39, 0.29) is 0 Å². The van der Waals surface area contributed by atoms with Crippen molar-refractivity contribution in [1.82, 2.24) is 5.32 Å². The number of aliphatic carboxylic acids is 2. The lowest BCUT2D eigenvalue weighted by Gasteiger charge is -2.09. The average molecular weight is 204 g/mol. The lowest BCUT2D eigenvalue weighted by Crippen LogP contribution is -2.36. The molecule has 2 atom stereocenters. The third-order valence-corrected chi connectivity index (χ3v) is 1.83. The molecule has 5 N–H and O–H groups in total. The Morgan fingerprint density at radius 2 is 1.93 bits per heavy atom. The predicted octanol–water partition coefficient (Wildman–Crippen LogP) is -0.759. The van der Waals surface area contributed by atoms with E-state index in [2.05, 4.69) is 5.32 Å². The summed E-state index contributed by atoms with van der Waals surface area (Å²) in [6, 6.07) is -1.48. The van der Waals surface area contributed by atoms with Crippen molar-refractivity contribution < 1.29 is 19.8 Å². The maximum atomic E-state index is 10.4. The summed E-state index contributed by atoms with van der Waals surface area (Å²) >= 11 is 0. The summed E-state index contributed by atoms with van der Waals surface area (Å²) in [5.41, 5.74) is 5.25. The van der Waals surface area contributed by atoms with Gasteiger partial charge in [0.05, 0.1) is 0 Å². The molecule has 6 nitrogen and oxygen atoms in total. The van der Waals surface area contributed by atoms with E-state index >= 15 is 0 Å². The number of hydrogen-bond donors (Lipinski definition) is 4. The number of rotatable bonds is 7. The molecule has 0 bridgehead atoms. The van der Waals surface area contributed by atoms with Crippen LogP contribution in [0.4, 0.5) is 0 Å². The highest BCUT2D eigenvalue weighted by molar-refractivity contribution is 5.73. The molecule has 0 aromatic carbocycles. The van der Waals surface area contributed by atoms with Crippen LogP contribution >= 0.6 is 0 Å². The Morgan fingerprint density at radius 3 is 2.36 bits per heavy atom. The fraction of sp³-hybridized carbons (Fsp3) is 0.750. The maximum Gasteiger partial charge on any atom is 0.320 e. The summed E-state index contributed by atoms with van der Waals surface area (Å²) in [6.07, 6.45) is 0.889. The largest absolute Gasteiger partial charge is 0.480 e. The SMILES string of the molecule is CC(NCCC[C@@H](N)C(=O)O)C(=O)O. The third kappa shape index (κ3) is 5.50. The first-order valence-electron chi connectivity index (χ1n) is 4.39. The van der Waals surface area contributed by atoms with Crippen LogP contribution in [0.15, 0.2) is 0 Å². The first kappa shape index (κ1) is 12.9. The van der Waals surface area contributed by atoms with Crippen molar-refractivity contribution in [2.24, 2.45) is 5.73 Å². The lowest BCUT2D eigenvalue weighted by atomic mass is 10.1. The Kier molecular flexibility index (Phi) is 5.82. The van der Waals surface area contributed by atoms with Gasteiger partial charge >= 0.3 is 11.9 Å². The molecule has 14 heavy (non-hydrogen) atoms. The minimum Gasteiger partial charge on any atom is -0.480 e. The monoisotopic (exact) mass is 204 g/mol. The van der Waals surface area contributed by atoms with Crippen LogP contribution in [0.3, 0.4) is 0 Å². The van der Waals surface area contributed by atoms with Gasteiger partial charge in [0, 0.05) is 0 Å². The number of hydrogen-bond acceptors (Lipinski definition) is 4. The van der Waals surface area contributed by atoms with Gasteiger partial charge in [-0.1, -0.05) is 0 Å². The van der Waals surface area contributed by atoms with Crippen LogP contribution in [0.5, 0.6) is 0 Å². The van der Waals surface area contributed by atoms with Gasteiger partial charge in [-0.15, -0.1) is 0 Å². The summed E-state index contributed by atoms with van der Waals surface area (Å²) in [4.78, 5) is 20.7. The van der Waals surface area contributed by atoms with Gasteiger partial charge in [-0.25, -0.2) is 0 Å². The third-order valence-electron chi connectivity index (χ3n) is 1.83. The molecular formula is C8H16N2O4. The van der Waals surface area contributed by atoms with Gasteiger partial charge in [-0.3, -0.25) is 9.59 Å².